The number of nitrogens with zero attached hydrogens (tertiary/aromatic N) is 3. The van der Waals surface area contributed by atoms with Crippen molar-refractivity contribution in [2.24, 2.45) is 5.73 Å². The second kappa shape index (κ2) is 48.8. The molecular formula is C30H60Cl7N4O13P2+. The smallest absolute Gasteiger partial charge is 0.449 e. The Morgan fingerprint density at radius 1 is 0.554 bits per heavy atom. The van der Waals surface area contributed by atoms with E-state index in [2.05, 4.69) is 10.3 Å². The lowest BCUT2D eigenvalue weighted by Crippen LogP contribution is -2.35. The van der Waals surface area contributed by atoms with E-state index >= 15 is 0 Å². The van der Waals surface area contributed by atoms with Gasteiger partial charge in [-0.1, -0.05) is 40.0 Å². The maximum atomic E-state index is 11.4. The van der Waals surface area contributed by atoms with Gasteiger partial charge in [-0.2, -0.15) is 0 Å². The Morgan fingerprint density at radius 3 is 0.911 bits per heavy atom. The third-order valence-electron chi connectivity index (χ3n) is 5.64. The first-order chi connectivity index (χ1) is 26.5. The Kier molecular flexibility index (Phi) is 56.4. The summed E-state index contributed by atoms with van der Waals surface area (Å²) in [6.07, 6.45) is 4.75. The van der Waals surface area contributed by atoms with Crippen molar-refractivity contribution in [1.82, 2.24) is 14.7 Å². The molecule has 336 valence electrons. The Bertz CT molecular complexity index is 919. The number of rotatable bonds is 25. The first kappa shape index (κ1) is 64.6. The van der Waals surface area contributed by atoms with Crippen LogP contribution in [0.15, 0.2) is 0 Å². The maximum Gasteiger partial charge on any atom is 0.694 e. The van der Waals surface area contributed by atoms with Gasteiger partial charge in [0.1, 0.15) is 6.61 Å². The molecule has 1 unspecified atom stereocenters. The number of unbranched alkanes of at least 4 members (excludes halogenated alkanes) is 3. The average molecular weight is 995 g/mol. The highest BCUT2D eigenvalue weighted by Gasteiger charge is 2.20. The summed E-state index contributed by atoms with van der Waals surface area (Å²) in [4.78, 5) is 71.6. The molecule has 0 aliphatic carbocycles. The number of hydrogen-bond acceptors (Lipinski definition) is 10. The molecule has 0 aromatic heterocycles. The van der Waals surface area contributed by atoms with E-state index in [0.29, 0.717) is 94.4 Å². The minimum Gasteiger partial charge on any atom is -0.449 e. The van der Waals surface area contributed by atoms with Gasteiger partial charge in [0.15, 0.2) is 0 Å². The van der Waals surface area contributed by atoms with Gasteiger partial charge in [0.25, 0.3) is 0 Å². The molecule has 0 saturated heterocycles. The lowest BCUT2D eigenvalue weighted by molar-refractivity contribution is 0.104. The van der Waals surface area contributed by atoms with E-state index in [9.17, 15) is 28.3 Å². The van der Waals surface area contributed by atoms with Gasteiger partial charge in [0.2, 0.25) is 0 Å². The maximum absolute atomic E-state index is 11.4. The van der Waals surface area contributed by atoms with Gasteiger partial charge in [-0.3, -0.25) is 4.79 Å². The van der Waals surface area contributed by atoms with Crippen molar-refractivity contribution in [3.05, 3.63) is 0 Å². The SMILES string of the molecule is CCCCOC(=O)N(CCCl)CCCl.CCCCOC(=O)N(CCCl)CCCl.CCCCOC(=O)N(CCCl)CCCl.NC(=O)P(=O)(O)O.O=[P+](O)OCCCl. The summed E-state index contributed by atoms with van der Waals surface area (Å²) in [5, 5.41) is 0. The zero-order valence-electron chi connectivity index (χ0n) is 32.1. The van der Waals surface area contributed by atoms with E-state index in [0.717, 1.165) is 38.5 Å². The van der Waals surface area contributed by atoms with Crippen LogP contribution in [0.25, 0.3) is 0 Å². The molecule has 17 nitrogen and oxygen atoms in total. The van der Waals surface area contributed by atoms with Crippen LogP contribution in [0.5, 0.6) is 0 Å². The average Bonchev–Trinajstić information content (AvgIpc) is 3.14. The molecule has 0 bridgehead atoms. The van der Waals surface area contributed by atoms with Crippen LogP contribution < -0.4 is 5.73 Å². The number of carbonyl (C=O) groups is 4. The molecule has 56 heavy (non-hydrogen) atoms. The molecule has 0 radical (unpaired) electrons. The summed E-state index contributed by atoms with van der Waals surface area (Å²) in [6, 6.07) is 0. The standard InChI is InChI=1S/3C9H17Cl2NO2.C2H4ClO3P.CH4NO4P/c3*1-2-3-8-14-9(13)12(6-4-10)7-5-11;3-1-2-6-7(4)5;2-1(3)7(4,5)6/h3*2-8H2,1H3;1-2H2;(H2,2,3)(H2,4,5,6)/p+1. The Morgan fingerprint density at radius 2 is 0.786 bits per heavy atom. The van der Waals surface area contributed by atoms with Crippen LogP contribution in [0, 0.1) is 0 Å². The Labute approximate surface area is 367 Å². The molecular weight excluding hydrogens is 934 g/mol. The fraction of sp³-hybridized carbons (Fsp3) is 0.867. The molecule has 0 fully saturated rings. The van der Waals surface area contributed by atoms with Crippen LogP contribution in [0.4, 0.5) is 19.2 Å². The van der Waals surface area contributed by atoms with Crippen molar-refractivity contribution in [3.63, 3.8) is 0 Å². The number of hydrogen-bond donors (Lipinski definition) is 4. The predicted molar refractivity (Wildman–Crippen MR) is 226 cm³/mol. The molecule has 0 aliphatic rings. The van der Waals surface area contributed by atoms with E-state index in [1.54, 1.807) is 0 Å². The largest absolute Gasteiger partial charge is 0.694 e. The van der Waals surface area contributed by atoms with Gasteiger partial charge in [-0.05, 0) is 19.3 Å². The number of alkyl halides is 7. The highest BCUT2D eigenvalue weighted by atomic mass is 35.5. The van der Waals surface area contributed by atoms with E-state index in [1.165, 1.54) is 14.7 Å². The van der Waals surface area contributed by atoms with Gasteiger partial charge in [-0.15, -0.1) is 90.6 Å². The zero-order chi connectivity index (χ0) is 44.2. The van der Waals surface area contributed by atoms with Crippen molar-refractivity contribution >= 4 is 121 Å². The first-order valence-corrected chi connectivity index (χ1v) is 23.8. The highest BCUT2D eigenvalue weighted by molar-refractivity contribution is 7.69. The second-order valence-corrected chi connectivity index (χ2v) is 15.0. The van der Waals surface area contributed by atoms with Crippen LogP contribution in [0.1, 0.15) is 59.3 Å². The number of carbonyl (C=O) groups excluding carboxylic acids is 4. The molecule has 0 aromatic carbocycles. The van der Waals surface area contributed by atoms with Crippen LogP contribution in [-0.2, 0) is 27.9 Å². The first-order valence-electron chi connectivity index (χ1n) is 17.3. The fourth-order valence-corrected chi connectivity index (χ4v) is 4.45. The van der Waals surface area contributed by atoms with Crippen molar-refractivity contribution < 1.29 is 61.7 Å². The lowest BCUT2D eigenvalue weighted by atomic mass is 10.4. The monoisotopic (exact) mass is 991 g/mol. The minimum atomic E-state index is -4.60. The van der Waals surface area contributed by atoms with E-state index in [-0.39, 0.29) is 30.8 Å². The summed E-state index contributed by atoms with van der Waals surface area (Å²) in [5.74, 6) is 2.67. The van der Waals surface area contributed by atoms with Gasteiger partial charge in [0, 0.05) is 79.1 Å². The number of halogens is 7. The molecule has 0 saturated carbocycles. The molecule has 0 heterocycles. The molecule has 5 N–H and O–H groups in total. The quantitative estimate of drug-likeness (QED) is 0.0292. The van der Waals surface area contributed by atoms with Gasteiger partial charge in [-0.25, -0.2) is 18.9 Å². The predicted octanol–water partition coefficient (Wildman–Crippen LogP) is 8.24. The highest BCUT2D eigenvalue weighted by Crippen LogP contribution is 2.33. The van der Waals surface area contributed by atoms with E-state index in [1.807, 2.05) is 20.8 Å². The normalized spacial score (nSPS) is 10.3. The van der Waals surface area contributed by atoms with Crippen molar-refractivity contribution in [3.8, 4) is 0 Å². The lowest BCUT2D eigenvalue weighted by Gasteiger charge is -2.19. The molecule has 0 aromatic rings. The summed E-state index contributed by atoms with van der Waals surface area (Å²) in [6.45, 7) is 10.6. The van der Waals surface area contributed by atoms with Crippen LogP contribution >= 0.6 is 97.1 Å². The summed E-state index contributed by atoms with van der Waals surface area (Å²) >= 11 is 38.4. The number of nitrogens with two attached hydrogens (primary N) is 1. The topological polar surface area (TPSA) is 236 Å². The van der Waals surface area contributed by atoms with Gasteiger partial charge in [0.05, 0.1) is 25.7 Å². The van der Waals surface area contributed by atoms with Crippen molar-refractivity contribution in [2.45, 2.75) is 59.3 Å². The number of primary amides is 1. The van der Waals surface area contributed by atoms with E-state index in [4.69, 9.17) is 110 Å². The fourth-order valence-electron chi connectivity index (χ4n) is 2.79. The van der Waals surface area contributed by atoms with Crippen molar-refractivity contribution in [2.75, 3.05) is 107 Å². The van der Waals surface area contributed by atoms with Crippen LogP contribution in [-0.4, -0.2) is 160 Å². The van der Waals surface area contributed by atoms with E-state index < -0.39 is 21.5 Å². The molecule has 0 rings (SSSR count). The minimum absolute atomic E-state index is 0.132. The van der Waals surface area contributed by atoms with Crippen molar-refractivity contribution in [1.29, 1.82) is 0 Å². The number of ether oxygens (including phenoxy) is 3. The third-order valence-corrected chi connectivity index (χ3v) is 7.78. The third kappa shape index (κ3) is 49.6. The summed E-state index contributed by atoms with van der Waals surface area (Å²) < 4.78 is 38.4. The Balaban J connectivity index is -0.000000199. The second-order valence-electron chi connectivity index (χ2n) is 10.1. The molecule has 0 aliphatic heterocycles. The van der Waals surface area contributed by atoms with Crippen LogP contribution in [0.2, 0.25) is 0 Å². The van der Waals surface area contributed by atoms with Gasteiger partial charge < -0.3 is 44.4 Å². The molecule has 0 spiro atoms. The number of amides is 4. The molecule has 4 amide bonds. The summed E-state index contributed by atoms with van der Waals surface area (Å²) in [5.41, 5.74) is 2.58. The Hall–Kier alpha value is -0.520. The summed E-state index contributed by atoms with van der Waals surface area (Å²) in [7, 11) is -7.04. The van der Waals surface area contributed by atoms with Gasteiger partial charge >= 0.3 is 39.8 Å². The van der Waals surface area contributed by atoms with Crippen LogP contribution in [0.3, 0.4) is 0 Å². The molecule has 26 heteroatoms. The molecule has 1 atom stereocenters. The zero-order valence-corrected chi connectivity index (χ0v) is 39.2.